The molecule has 2 aliphatic rings. The Balaban J connectivity index is 1.39. The van der Waals surface area contributed by atoms with Gasteiger partial charge in [-0.3, -0.25) is 9.78 Å². The molecular weight excluding hydrogens is 290 g/mol. The molecule has 3 heterocycles. The Labute approximate surface area is 138 Å². The fourth-order valence-electron chi connectivity index (χ4n) is 3.53. The van der Waals surface area contributed by atoms with E-state index in [0.29, 0.717) is 18.9 Å². The van der Waals surface area contributed by atoms with E-state index in [9.17, 15) is 4.79 Å². The molecule has 0 unspecified atom stereocenters. The van der Waals surface area contributed by atoms with Gasteiger partial charge in [0.05, 0.1) is 19.3 Å². The first-order valence-electron chi connectivity index (χ1n) is 8.79. The summed E-state index contributed by atoms with van der Waals surface area (Å²) in [6, 6.07) is 4.21. The van der Waals surface area contributed by atoms with E-state index in [0.717, 1.165) is 26.0 Å². The van der Waals surface area contributed by atoms with Crippen LogP contribution in [0, 0.1) is 5.92 Å². The maximum absolute atomic E-state index is 12.2. The standard InChI is InChI=1S/C18H27N3O2/c22-18(4-3-11-21-9-1-2-10-21)20-17-14-23-13-16(17)12-15-5-7-19-8-6-15/h5-8,16-17H,1-4,9-14H2,(H,20,22)/t16-,17-/m1/s1. The molecule has 0 spiro atoms. The zero-order valence-electron chi connectivity index (χ0n) is 13.7. The van der Waals surface area contributed by atoms with Crippen LogP contribution in [0.2, 0.25) is 0 Å². The van der Waals surface area contributed by atoms with Crippen molar-refractivity contribution in [1.29, 1.82) is 0 Å². The molecule has 0 aliphatic carbocycles. The average Bonchev–Trinajstić information content (AvgIpc) is 3.21. The highest BCUT2D eigenvalue weighted by atomic mass is 16.5. The normalized spacial score (nSPS) is 24.9. The predicted octanol–water partition coefficient (Wildman–Crippen LogP) is 1.63. The first-order valence-corrected chi connectivity index (χ1v) is 8.79. The Morgan fingerprint density at radius 1 is 1.26 bits per heavy atom. The van der Waals surface area contributed by atoms with Crippen molar-refractivity contribution in [2.45, 2.75) is 38.1 Å². The van der Waals surface area contributed by atoms with Crippen LogP contribution in [0.1, 0.15) is 31.2 Å². The van der Waals surface area contributed by atoms with E-state index in [-0.39, 0.29) is 11.9 Å². The van der Waals surface area contributed by atoms with Crippen molar-refractivity contribution >= 4 is 5.91 Å². The second-order valence-electron chi connectivity index (χ2n) is 6.68. The van der Waals surface area contributed by atoms with Gasteiger partial charge >= 0.3 is 0 Å². The summed E-state index contributed by atoms with van der Waals surface area (Å²) in [6.07, 6.45) is 8.75. The van der Waals surface area contributed by atoms with Crippen molar-refractivity contribution in [3.63, 3.8) is 0 Å². The van der Waals surface area contributed by atoms with Gasteiger partial charge in [-0.05, 0) is 63.0 Å². The van der Waals surface area contributed by atoms with Crippen molar-refractivity contribution in [2.24, 2.45) is 5.92 Å². The molecule has 1 amide bonds. The molecule has 1 N–H and O–H groups in total. The van der Waals surface area contributed by atoms with Gasteiger partial charge in [0.2, 0.25) is 5.91 Å². The molecule has 0 radical (unpaired) electrons. The Morgan fingerprint density at radius 2 is 2.04 bits per heavy atom. The quantitative estimate of drug-likeness (QED) is 0.830. The number of likely N-dealkylation sites (tertiary alicyclic amines) is 1. The number of nitrogens with zero attached hydrogens (tertiary/aromatic N) is 2. The molecular formula is C18H27N3O2. The molecule has 0 aromatic carbocycles. The summed E-state index contributed by atoms with van der Waals surface area (Å²) < 4.78 is 5.59. The second-order valence-corrected chi connectivity index (χ2v) is 6.68. The van der Waals surface area contributed by atoms with Crippen molar-refractivity contribution in [1.82, 2.24) is 15.2 Å². The zero-order valence-corrected chi connectivity index (χ0v) is 13.7. The molecule has 2 fully saturated rings. The molecule has 1 aromatic rings. The van der Waals surface area contributed by atoms with E-state index in [1.54, 1.807) is 0 Å². The Morgan fingerprint density at radius 3 is 2.83 bits per heavy atom. The van der Waals surface area contributed by atoms with Crippen LogP contribution in [0.5, 0.6) is 0 Å². The zero-order chi connectivity index (χ0) is 15.9. The van der Waals surface area contributed by atoms with E-state index in [4.69, 9.17) is 4.74 Å². The molecule has 0 bridgehead atoms. The van der Waals surface area contributed by atoms with Crippen LogP contribution >= 0.6 is 0 Å². The number of hydrogen-bond acceptors (Lipinski definition) is 4. The molecule has 3 rings (SSSR count). The Hall–Kier alpha value is -1.46. The monoisotopic (exact) mass is 317 g/mol. The molecule has 23 heavy (non-hydrogen) atoms. The van der Waals surface area contributed by atoms with Crippen LogP contribution in [-0.2, 0) is 16.0 Å². The van der Waals surface area contributed by atoms with Gasteiger partial charge in [-0.15, -0.1) is 0 Å². The van der Waals surface area contributed by atoms with E-state index in [1.165, 1.54) is 31.5 Å². The summed E-state index contributed by atoms with van der Waals surface area (Å²) in [5.41, 5.74) is 1.25. The minimum absolute atomic E-state index is 0.141. The van der Waals surface area contributed by atoms with Crippen LogP contribution in [0.15, 0.2) is 24.5 Å². The molecule has 1 aromatic heterocycles. The van der Waals surface area contributed by atoms with Crippen LogP contribution < -0.4 is 5.32 Å². The van der Waals surface area contributed by atoms with Crippen LogP contribution in [0.25, 0.3) is 0 Å². The summed E-state index contributed by atoms with van der Waals surface area (Å²) in [6.45, 7) is 4.81. The number of hydrogen-bond donors (Lipinski definition) is 1. The van der Waals surface area contributed by atoms with E-state index < -0.39 is 0 Å². The summed E-state index contributed by atoms with van der Waals surface area (Å²) in [7, 11) is 0. The summed E-state index contributed by atoms with van der Waals surface area (Å²) in [4.78, 5) is 18.7. The van der Waals surface area contributed by atoms with Gasteiger partial charge in [-0.2, -0.15) is 0 Å². The van der Waals surface area contributed by atoms with Crippen LogP contribution in [0.3, 0.4) is 0 Å². The van der Waals surface area contributed by atoms with Gasteiger partial charge in [0.15, 0.2) is 0 Å². The number of aromatic nitrogens is 1. The number of rotatable bonds is 7. The van der Waals surface area contributed by atoms with Crippen molar-refractivity contribution in [3.8, 4) is 0 Å². The molecule has 2 atom stereocenters. The van der Waals surface area contributed by atoms with Gasteiger partial charge in [0, 0.05) is 24.7 Å². The number of carbonyl (C=O) groups excluding carboxylic acids is 1. The van der Waals surface area contributed by atoms with E-state index >= 15 is 0 Å². The fourth-order valence-corrected chi connectivity index (χ4v) is 3.53. The SMILES string of the molecule is O=C(CCCN1CCCC1)N[C@@H]1COC[C@H]1Cc1ccncc1. The summed E-state index contributed by atoms with van der Waals surface area (Å²) >= 11 is 0. The smallest absolute Gasteiger partial charge is 0.220 e. The number of ether oxygens (including phenoxy) is 1. The lowest BCUT2D eigenvalue weighted by Gasteiger charge is -2.20. The number of amides is 1. The van der Waals surface area contributed by atoms with E-state index in [2.05, 4.69) is 15.2 Å². The lowest BCUT2D eigenvalue weighted by molar-refractivity contribution is -0.122. The van der Waals surface area contributed by atoms with Gasteiger partial charge in [0.25, 0.3) is 0 Å². The third-order valence-electron chi connectivity index (χ3n) is 4.87. The summed E-state index contributed by atoms with van der Waals surface area (Å²) in [5, 5.41) is 3.18. The highest BCUT2D eigenvalue weighted by molar-refractivity contribution is 5.76. The Kier molecular flexibility index (Phi) is 6.00. The molecule has 126 valence electrons. The Bertz CT molecular complexity index is 488. The van der Waals surface area contributed by atoms with E-state index in [1.807, 2.05) is 24.5 Å². The largest absolute Gasteiger partial charge is 0.379 e. The maximum Gasteiger partial charge on any atom is 0.220 e. The third-order valence-corrected chi connectivity index (χ3v) is 4.87. The molecule has 2 saturated heterocycles. The van der Waals surface area contributed by atoms with Crippen LogP contribution in [-0.4, -0.2) is 54.7 Å². The summed E-state index contributed by atoms with van der Waals surface area (Å²) in [5.74, 6) is 0.527. The predicted molar refractivity (Wildman–Crippen MR) is 89.1 cm³/mol. The van der Waals surface area contributed by atoms with Gasteiger partial charge in [-0.25, -0.2) is 0 Å². The van der Waals surface area contributed by atoms with Gasteiger partial charge < -0.3 is 15.0 Å². The lowest BCUT2D eigenvalue weighted by Crippen LogP contribution is -2.40. The molecule has 0 saturated carbocycles. The topological polar surface area (TPSA) is 54.5 Å². The van der Waals surface area contributed by atoms with Crippen molar-refractivity contribution in [2.75, 3.05) is 32.8 Å². The number of pyridine rings is 1. The van der Waals surface area contributed by atoms with Crippen LogP contribution in [0.4, 0.5) is 0 Å². The fraction of sp³-hybridized carbons (Fsp3) is 0.667. The van der Waals surface area contributed by atoms with Gasteiger partial charge in [-0.1, -0.05) is 0 Å². The molecule has 5 nitrogen and oxygen atoms in total. The second kappa shape index (κ2) is 8.41. The first kappa shape index (κ1) is 16.4. The average molecular weight is 317 g/mol. The first-order chi connectivity index (χ1) is 11.3. The highest BCUT2D eigenvalue weighted by Crippen LogP contribution is 2.19. The minimum atomic E-state index is 0.141. The minimum Gasteiger partial charge on any atom is -0.379 e. The molecule has 5 heteroatoms. The number of nitrogens with one attached hydrogen (secondary N) is 1. The lowest BCUT2D eigenvalue weighted by atomic mass is 9.95. The maximum atomic E-state index is 12.2. The number of carbonyl (C=O) groups is 1. The van der Waals surface area contributed by atoms with Gasteiger partial charge in [0.1, 0.15) is 0 Å². The van der Waals surface area contributed by atoms with Crippen molar-refractivity contribution in [3.05, 3.63) is 30.1 Å². The highest BCUT2D eigenvalue weighted by Gasteiger charge is 2.29. The van der Waals surface area contributed by atoms with Crippen molar-refractivity contribution < 1.29 is 9.53 Å². The third kappa shape index (κ3) is 5.01. The molecule has 2 aliphatic heterocycles.